The molecule has 1 amide bonds. The second-order valence-corrected chi connectivity index (χ2v) is 9.96. The molecule has 0 aliphatic carbocycles. The Hall–Kier alpha value is -4.67. The van der Waals surface area contributed by atoms with E-state index in [-0.39, 0.29) is 11.5 Å². The van der Waals surface area contributed by atoms with Gasteiger partial charge in [0.25, 0.3) is 5.56 Å². The second kappa shape index (κ2) is 11.6. The van der Waals surface area contributed by atoms with Crippen molar-refractivity contribution in [1.82, 2.24) is 34.9 Å². The zero-order valence-electron chi connectivity index (χ0n) is 23.0. The summed E-state index contributed by atoms with van der Waals surface area (Å²) < 4.78 is 3.02. The van der Waals surface area contributed by atoms with E-state index in [2.05, 4.69) is 39.5 Å². The van der Waals surface area contributed by atoms with Gasteiger partial charge in [-0.15, -0.1) is 5.10 Å². The molecular weight excluding hydrogens is 506 g/mol. The Morgan fingerprint density at radius 2 is 1.82 bits per heavy atom. The third-order valence-electron chi connectivity index (χ3n) is 6.99. The van der Waals surface area contributed by atoms with E-state index in [4.69, 9.17) is 5.73 Å². The van der Waals surface area contributed by atoms with Crippen LogP contribution >= 0.6 is 0 Å². The normalized spacial score (nSPS) is 13.0. The number of aromatic nitrogens is 6. The van der Waals surface area contributed by atoms with Gasteiger partial charge in [0.05, 0.1) is 23.8 Å². The van der Waals surface area contributed by atoms with Crippen LogP contribution < -0.4 is 11.3 Å². The van der Waals surface area contributed by atoms with Crippen molar-refractivity contribution in [2.45, 2.75) is 46.1 Å². The van der Waals surface area contributed by atoms with Crippen LogP contribution in [0.1, 0.15) is 44.5 Å². The SMILES string of the molecule is CCCN(CCC)C(=O)C1=Cc2ccc(-c3ccc4c(=O)n(CCc5nnnn5C)ncc4c3)cc2N=C(N)C1. The van der Waals surface area contributed by atoms with E-state index in [0.29, 0.717) is 60.8 Å². The van der Waals surface area contributed by atoms with E-state index in [9.17, 15) is 9.59 Å². The summed E-state index contributed by atoms with van der Waals surface area (Å²) in [5, 5.41) is 17.1. The van der Waals surface area contributed by atoms with Crippen molar-refractivity contribution >= 4 is 34.3 Å². The lowest BCUT2D eigenvalue weighted by molar-refractivity contribution is -0.127. The minimum absolute atomic E-state index is 0.0136. The number of fused-ring (bicyclic) bond motifs is 2. The average molecular weight is 540 g/mol. The molecule has 206 valence electrons. The van der Waals surface area contributed by atoms with Crippen molar-refractivity contribution in [3.8, 4) is 11.1 Å². The summed E-state index contributed by atoms with van der Waals surface area (Å²) in [7, 11) is 1.76. The molecule has 11 heteroatoms. The molecule has 1 aliphatic rings. The van der Waals surface area contributed by atoms with Crippen LogP contribution in [-0.2, 0) is 24.8 Å². The van der Waals surface area contributed by atoms with Crippen LogP contribution in [0.3, 0.4) is 0 Å². The Kier molecular flexibility index (Phi) is 7.81. The number of amides is 1. The third-order valence-corrected chi connectivity index (χ3v) is 6.99. The Morgan fingerprint density at radius 1 is 1.07 bits per heavy atom. The molecule has 5 rings (SSSR count). The van der Waals surface area contributed by atoms with Gasteiger partial charge in [0.2, 0.25) is 5.91 Å². The van der Waals surface area contributed by atoms with Crippen LogP contribution in [0.25, 0.3) is 28.0 Å². The Labute approximate surface area is 232 Å². The maximum atomic E-state index is 13.3. The molecule has 2 N–H and O–H groups in total. The highest BCUT2D eigenvalue weighted by molar-refractivity contribution is 6.05. The highest BCUT2D eigenvalue weighted by Crippen LogP contribution is 2.33. The summed E-state index contributed by atoms with van der Waals surface area (Å²) in [5.41, 5.74) is 10.2. The molecule has 2 aromatic heterocycles. The molecule has 0 spiro atoms. The molecule has 0 radical (unpaired) electrons. The number of aliphatic imine (C=N–C) groups is 1. The minimum atomic E-state index is -0.166. The molecule has 4 aromatic rings. The third kappa shape index (κ3) is 5.54. The monoisotopic (exact) mass is 539 g/mol. The number of carbonyl (C=O) groups excluding carboxylic acids is 1. The number of nitrogens with zero attached hydrogens (tertiary/aromatic N) is 8. The number of amidine groups is 1. The molecule has 3 heterocycles. The first-order valence-corrected chi connectivity index (χ1v) is 13.6. The Bertz CT molecular complexity index is 1680. The number of tetrazole rings is 1. The van der Waals surface area contributed by atoms with Gasteiger partial charge < -0.3 is 10.6 Å². The molecule has 0 atom stereocenters. The quantitative estimate of drug-likeness (QED) is 0.345. The predicted octanol–water partition coefficient (Wildman–Crippen LogP) is 3.25. The summed E-state index contributed by atoms with van der Waals surface area (Å²) in [6.45, 7) is 5.95. The number of carbonyl (C=O) groups is 1. The van der Waals surface area contributed by atoms with Gasteiger partial charge in [-0.2, -0.15) is 5.10 Å². The van der Waals surface area contributed by atoms with E-state index < -0.39 is 0 Å². The lowest BCUT2D eigenvalue weighted by atomic mass is 9.99. The summed E-state index contributed by atoms with van der Waals surface area (Å²) >= 11 is 0. The standard InChI is InChI=1S/C29H33N9O2/c1-4-11-37(12-5-2)28(39)22-15-21-7-6-20(16-25(21)32-26(30)17-22)19-8-9-24-23(14-19)18-31-38(29(24)40)13-10-27-33-34-35-36(27)3/h6-9,14-16,18H,4-5,10-13,17H2,1-3H3,(H2,30,32). The van der Waals surface area contributed by atoms with Gasteiger partial charge in [-0.25, -0.2) is 14.4 Å². The molecule has 11 nitrogen and oxygen atoms in total. The first kappa shape index (κ1) is 26.9. The molecular formula is C29H33N9O2. The van der Waals surface area contributed by atoms with Gasteiger partial charge in [0.1, 0.15) is 5.84 Å². The van der Waals surface area contributed by atoms with Crippen molar-refractivity contribution in [2.75, 3.05) is 13.1 Å². The van der Waals surface area contributed by atoms with Crippen molar-refractivity contribution in [3.63, 3.8) is 0 Å². The van der Waals surface area contributed by atoms with Crippen molar-refractivity contribution < 1.29 is 4.79 Å². The summed E-state index contributed by atoms with van der Waals surface area (Å²) in [6.07, 6.45) is 6.22. The zero-order chi connectivity index (χ0) is 28.2. The first-order valence-electron chi connectivity index (χ1n) is 13.6. The summed E-state index contributed by atoms with van der Waals surface area (Å²) in [4.78, 5) is 32.9. The van der Waals surface area contributed by atoms with Crippen LogP contribution in [0.15, 0.2) is 58.0 Å². The largest absolute Gasteiger partial charge is 0.387 e. The zero-order valence-corrected chi connectivity index (χ0v) is 23.0. The number of nitrogens with two attached hydrogens (primary N) is 1. The van der Waals surface area contributed by atoms with Gasteiger partial charge in [-0.1, -0.05) is 32.0 Å². The molecule has 0 unspecified atom stereocenters. The van der Waals surface area contributed by atoms with Gasteiger partial charge in [-0.3, -0.25) is 9.59 Å². The number of benzene rings is 2. The smallest absolute Gasteiger partial charge is 0.274 e. The molecule has 0 fully saturated rings. The summed E-state index contributed by atoms with van der Waals surface area (Å²) in [5.74, 6) is 1.10. The van der Waals surface area contributed by atoms with E-state index in [1.54, 1.807) is 17.9 Å². The summed E-state index contributed by atoms with van der Waals surface area (Å²) in [6, 6.07) is 11.6. The van der Waals surface area contributed by atoms with E-state index in [0.717, 1.165) is 34.9 Å². The van der Waals surface area contributed by atoms with E-state index in [1.807, 2.05) is 47.4 Å². The molecule has 0 saturated carbocycles. The average Bonchev–Trinajstić information content (AvgIpc) is 3.28. The van der Waals surface area contributed by atoms with Gasteiger partial charge in [-0.05, 0) is 58.7 Å². The number of hydrogen-bond donors (Lipinski definition) is 1. The molecule has 2 aromatic carbocycles. The fourth-order valence-corrected chi connectivity index (χ4v) is 4.96. The van der Waals surface area contributed by atoms with Crippen molar-refractivity contribution in [1.29, 1.82) is 0 Å². The molecule has 40 heavy (non-hydrogen) atoms. The topological polar surface area (TPSA) is 137 Å². The van der Waals surface area contributed by atoms with Crippen LogP contribution in [0.4, 0.5) is 5.69 Å². The Balaban J connectivity index is 1.42. The minimum Gasteiger partial charge on any atom is -0.387 e. The van der Waals surface area contributed by atoms with Gasteiger partial charge in [0, 0.05) is 49.5 Å². The molecule has 0 bridgehead atoms. The number of hydrogen-bond acceptors (Lipinski definition) is 8. The molecule has 1 aliphatic heterocycles. The maximum absolute atomic E-state index is 13.3. The lowest BCUT2D eigenvalue weighted by Gasteiger charge is -2.22. The predicted molar refractivity (Wildman–Crippen MR) is 155 cm³/mol. The number of rotatable bonds is 9. The Morgan fingerprint density at radius 3 is 2.55 bits per heavy atom. The maximum Gasteiger partial charge on any atom is 0.274 e. The van der Waals surface area contributed by atoms with Gasteiger partial charge in [0.15, 0.2) is 5.82 Å². The number of aryl methyl sites for hydroxylation is 3. The van der Waals surface area contributed by atoms with Crippen LogP contribution in [0.2, 0.25) is 0 Å². The van der Waals surface area contributed by atoms with E-state index >= 15 is 0 Å². The lowest BCUT2D eigenvalue weighted by Crippen LogP contribution is -2.34. The molecule has 0 saturated heterocycles. The van der Waals surface area contributed by atoms with Crippen molar-refractivity contribution in [2.24, 2.45) is 17.8 Å². The van der Waals surface area contributed by atoms with Gasteiger partial charge >= 0.3 is 0 Å². The van der Waals surface area contributed by atoms with Crippen molar-refractivity contribution in [3.05, 3.63) is 69.9 Å². The highest BCUT2D eigenvalue weighted by Gasteiger charge is 2.21. The van der Waals surface area contributed by atoms with Crippen LogP contribution in [0.5, 0.6) is 0 Å². The fraction of sp³-hybridized carbons (Fsp3) is 0.345. The van der Waals surface area contributed by atoms with Crippen LogP contribution in [-0.4, -0.2) is 59.7 Å². The fourth-order valence-electron chi connectivity index (χ4n) is 4.96. The van der Waals surface area contributed by atoms with Crippen LogP contribution in [0, 0.1) is 0 Å². The highest BCUT2D eigenvalue weighted by atomic mass is 16.2. The first-order chi connectivity index (χ1) is 19.4. The second-order valence-electron chi connectivity index (χ2n) is 9.96. The van der Waals surface area contributed by atoms with E-state index in [1.165, 1.54) is 4.68 Å².